The van der Waals surface area contributed by atoms with Crippen LogP contribution >= 0.6 is 0 Å². The number of alkyl halides is 2. The predicted octanol–water partition coefficient (Wildman–Crippen LogP) is 2.05. The molecule has 0 atom stereocenters. The van der Waals surface area contributed by atoms with Gasteiger partial charge >= 0.3 is 18.3 Å². The van der Waals surface area contributed by atoms with Crippen LogP contribution in [0.1, 0.15) is 6.42 Å². The summed E-state index contributed by atoms with van der Waals surface area (Å²) >= 11 is 0. The Labute approximate surface area is 105 Å². The maximum atomic E-state index is 12.0. The Morgan fingerprint density at radius 1 is 1.47 bits per heavy atom. The van der Waals surface area contributed by atoms with Crippen molar-refractivity contribution in [3.63, 3.8) is 0 Å². The van der Waals surface area contributed by atoms with E-state index in [1.165, 1.54) is 0 Å². The molecule has 0 amide bonds. The Bertz CT molecular complexity index is 479. The predicted molar refractivity (Wildman–Crippen MR) is 57.5 cm³/mol. The Morgan fingerprint density at radius 3 is 2.68 bits per heavy atom. The Kier molecular flexibility index (Phi) is 4.98. The molecule has 0 saturated heterocycles. The highest BCUT2D eigenvalue weighted by atomic mass is 19.3. The molecule has 1 aromatic carbocycles. The van der Waals surface area contributed by atoms with Crippen molar-refractivity contribution in [1.82, 2.24) is 0 Å². The second-order valence-electron chi connectivity index (χ2n) is 3.26. The number of rotatable bonds is 7. The summed E-state index contributed by atoms with van der Waals surface area (Å²) in [5, 5.41) is 19.1. The standard InChI is InChI=1S/C10H9F2NO6/c11-10(12)19-6-1-2-8(7(5-6)13(16)17)18-4-3-9(14)15/h1-2,5,10H,3-4H2,(H,14,15). The first-order chi connectivity index (χ1) is 8.90. The molecule has 0 radical (unpaired) electrons. The first kappa shape index (κ1) is 14.6. The van der Waals surface area contributed by atoms with Crippen LogP contribution in [0.4, 0.5) is 14.5 Å². The molecule has 0 aromatic heterocycles. The molecule has 1 N–H and O–H groups in total. The fraction of sp³-hybridized carbons (Fsp3) is 0.300. The van der Waals surface area contributed by atoms with E-state index in [1.54, 1.807) is 0 Å². The van der Waals surface area contributed by atoms with E-state index in [0.29, 0.717) is 0 Å². The van der Waals surface area contributed by atoms with Gasteiger partial charge in [-0.05, 0) is 12.1 Å². The average molecular weight is 277 g/mol. The molecule has 0 bridgehead atoms. The minimum Gasteiger partial charge on any atom is -0.486 e. The van der Waals surface area contributed by atoms with E-state index in [1.807, 2.05) is 0 Å². The van der Waals surface area contributed by atoms with E-state index in [4.69, 9.17) is 9.84 Å². The number of nitro groups is 1. The maximum Gasteiger partial charge on any atom is 0.387 e. The quantitative estimate of drug-likeness (QED) is 0.604. The second kappa shape index (κ2) is 6.47. The topological polar surface area (TPSA) is 98.9 Å². The Hall–Kier alpha value is -2.45. The van der Waals surface area contributed by atoms with Gasteiger partial charge in [-0.25, -0.2) is 0 Å². The lowest BCUT2D eigenvalue weighted by atomic mass is 10.3. The van der Waals surface area contributed by atoms with E-state index in [0.717, 1.165) is 18.2 Å². The molecule has 0 aliphatic heterocycles. The number of carboxylic acid groups (broad SMARTS) is 1. The number of nitro benzene ring substituents is 1. The fourth-order valence-electron chi connectivity index (χ4n) is 1.19. The summed E-state index contributed by atoms with van der Waals surface area (Å²) in [6.45, 7) is -3.37. The zero-order valence-electron chi connectivity index (χ0n) is 9.42. The molecule has 0 spiro atoms. The molecule has 0 heterocycles. The Morgan fingerprint density at radius 2 is 2.16 bits per heavy atom. The smallest absolute Gasteiger partial charge is 0.387 e. The number of ether oxygens (including phenoxy) is 2. The van der Waals surface area contributed by atoms with Crippen LogP contribution in [-0.4, -0.2) is 29.2 Å². The van der Waals surface area contributed by atoms with Crippen LogP contribution in [0.3, 0.4) is 0 Å². The monoisotopic (exact) mass is 277 g/mol. The van der Waals surface area contributed by atoms with Gasteiger partial charge in [0, 0.05) is 0 Å². The van der Waals surface area contributed by atoms with Crippen molar-refractivity contribution < 1.29 is 33.1 Å². The molecule has 0 aliphatic carbocycles. The van der Waals surface area contributed by atoms with E-state index in [-0.39, 0.29) is 24.5 Å². The van der Waals surface area contributed by atoms with Crippen molar-refractivity contribution in [3.8, 4) is 11.5 Å². The molecule has 0 fully saturated rings. The molecular weight excluding hydrogens is 268 g/mol. The van der Waals surface area contributed by atoms with Crippen molar-refractivity contribution in [2.75, 3.05) is 6.61 Å². The highest BCUT2D eigenvalue weighted by Crippen LogP contribution is 2.31. The first-order valence-corrected chi connectivity index (χ1v) is 4.98. The largest absolute Gasteiger partial charge is 0.486 e. The third-order valence-electron chi connectivity index (χ3n) is 1.93. The van der Waals surface area contributed by atoms with Crippen molar-refractivity contribution in [2.24, 2.45) is 0 Å². The number of nitrogens with zero attached hydrogens (tertiary/aromatic N) is 1. The zero-order chi connectivity index (χ0) is 14.4. The summed E-state index contributed by atoms with van der Waals surface area (Å²) in [4.78, 5) is 20.2. The summed E-state index contributed by atoms with van der Waals surface area (Å²) in [7, 11) is 0. The number of aliphatic carboxylic acids is 1. The van der Waals surface area contributed by atoms with Gasteiger partial charge in [-0.15, -0.1) is 0 Å². The van der Waals surface area contributed by atoms with Gasteiger partial charge in [-0.3, -0.25) is 14.9 Å². The van der Waals surface area contributed by atoms with Crippen molar-refractivity contribution >= 4 is 11.7 Å². The fourth-order valence-corrected chi connectivity index (χ4v) is 1.19. The number of carboxylic acids is 1. The molecule has 7 nitrogen and oxygen atoms in total. The third-order valence-corrected chi connectivity index (χ3v) is 1.93. The van der Waals surface area contributed by atoms with E-state index in [2.05, 4.69) is 4.74 Å². The average Bonchev–Trinajstić information content (AvgIpc) is 2.29. The van der Waals surface area contributed by atoms with Crippen LogP contribution in [0.15, 0.2) is 18.2 Å². The third kappa shape index (κ3) is 4.74. The summed E-state index contributed by atoms with van der Waals surface area (Å²) in [6, 6.07) is 2.91. The summed E-state index contributed by atoms with van der Waals surface area (Å²) < 4.78 is 32.8. The number of halogens is 2. The summed E-state index contributed by atoms with van der Waals surface area (Å²) in [5.41, 5.74) is -0.580. The summed E-state index contributed by atoms with van der Waals surface area (Å²) in [5.74, 6) is -1.72. The minimum absolute atomic E-state index is 0.215. The van der Waals surface area contributed by atoms with E-state index < -0.39 is 23.2 Å². The normalized spacial score (nSPS) is 10.3. The molecule has 0 unspecified atom stereocenters. The van der Waals surface area contributed by atoms with Crippen LogP contribution < -0.4 is 9.47 Å². The van der Waals surface area contributed by atoms with Gasteiger partial charge in [0.05, 0.1) is 24.0 Å². The van der Waals surface area contributed by atoms with Gasteiger partial charge in [0.15, 0.2) is 5.75 Å². The van der Waals surface area contributed by atoms with Gasteiger partial charge in [0.2, 0.25) is 0 Å². The van der Waals surface area contributed by atoms with Gasteiger partial charge in [-0.1, -0.05) is 0 Å². The number of benzene rings is 1. The highest BCUT2D eigenvalue weighted by molar-refractivity contribution is 5.66. The van der Waals surface area contributed by atoms with Crippen LogP contribution in [0.5, 0.6) is 11.5 Å². The lowest BCUT2D eigenvalue weighted by Gasteiger charge is -2.08. The summed E-state index contributed by atoms with van der Waals surface area (Å²) in [6.07, 6.45) is -0.341. The van der Waals surface area contributed by atoms with E-state index in [9.17, 15) is 23.7 Å². The lowest BCUT2D eigenvalue weighted by molar-refractivity contribution is -0.386. The number of hydrogen-bond donors (Lipinski definition) is 1. The molecule has 19 heavy (non-hydrogen) atoms. The van der Waals surface area contributed by atoms with Crippen molar-refractivity contribution in [1.29, 1.82) is 0 Å². The molecule has 104 valence electrons. The molecule has 0 saturated carbocycles. The number of hydrogen-bond acceptors (Lipinski definition) is 5. The van der Waals surface area contributed by atoms with Gasteiger partial charge in [-0.2, -0.15) is 8.78 Å². The SMILES string of the molecule is O=C(O)CCOc1ccc(OC(F)F)cc1[N+](=O)[O-]. The lowest BCUT2D eigenvalue weighted by Crippen LogP contribution is -2.07. The van der Waals surface area contributed by atoms with Gasteiger partial charge in [0.1, 0.15) is 5.75 Å². The van der Waals surface area contributed by atoms with Crippen LogP contribution in [-0.2, 0) is 4.79 Å². The molecule has 0 aliphatic rings. The zero-order valence-corrected chi connectivity index (χ0v) is 9.42. The van der Waals surface area contributed by atoms with Crippen molar-refractivity contribution in [3.05, 3.63) is 28.3 Å². The van der Waals surface area contributed by atoms with Crippen molar-refractivity contribution in [2.45, 2.75) is 13.0 Å². The van der Waals surface area contributed by atoms with Gasteiger partial charge in [0.25, 0.3) is 0 Å². The second-order valence-corrected chi connectivity index (χ2v) is 3.26. The molecule has 1 rings (SSSR count). The highest BCUT2D eigenvalue weighted by Gasteiger charge is 2.18. The molecule has 1 aromatic rings. The Balaban J connectivity index is 2.85. The molecule has 9 heteroatoms. The van der Waals surface area contributed by atoms with E-state index >= 15 is 0 Å². The van der Waals surface area contributed by atoms with Crippen LogP contribution in [0, 0.1) is 10.1 Å². The van der Waals surface area contributed by atoms with Crippen LogP contribution in [0.2, 0.25) is 0 Å². The molecular formula is C10H9F2NO6. The first-order valence-electron chi connectivity index (χ1n) is 4.98. The minimum atomic E-state index is -3.10. The number of carbonyl (C=O) groups is 1. The van der Waals surface area contributed by atoms with Gasteiger partial charge < -0.3 is 14.6 Å². The van der Waals surface area contributed by atoms with Crippen LogP contribution in [0.25, 0.3) is 0 Å². The maximum absolute atomic E-state index is 12.0.